The number of nitrogens with two attached hydrogens (primary N) is 4. The third kappa shape index (κ3) is 8.69. The molecule has 1 saturated carbocycles. The molecule has 3 aliphatic rings. The molecule has 3 rings (SSSR count). The van der Waals surface area contributed by atoms with E-state index in [1.165, 1.54) is 0 Å². The maximum atomic E-state index is 16.5. The highest BCUT2D eigenvalue weighted by molar-refractivity contribution is 5.80. The first-order chi connectivity index (χ1) is 20.9. The molecule has 0 aromatic carbocycles. The van der Waals surface area contributed by atoms with E-state index in [1.807, 2.05) is 0 Å². The maximum absolute atomic E-state index is 16.5. The molecule has 256 valence electrons. The largest absolute Gasteiger partial charge is 0.394 e. The van der Waals surface area contributed by atoms with Crippen molar-refractivity contribution in [2.45, 2.75) is 118 Å². The first kappa shape index (κ1) is 36.6. The number of aliphatic hydroxyl groups is 5. The fraction of sp³-hybridized carbons (Fsp3) is 0.920. The van der Waals surface area contributed by atoms with E-state index in [0.29, 0.717) is 6.54 Å². The monoisotopic (exact) mass is 640 g/mol. The molecule has 0 bridgehead atoms. The lowest BCUT2D eigenvalue weighted by Crippen LogP contribution is -2.69. The van der Waals surface area contributed by atoms with E-state index in [0.717, 1.165) is 0 Å². The number of ether oxygens (including phenoxy) is 4. The van der Waals surface area contributed by atoms with Crippen molar-refractivity contribution in [2.24, 2.45) is 22.9 Å². The number of hydrogen-bond donors (Lipinski definition) is 13. The second-order valence-electron chi connectivity index (χ2n) is 11.3. The highest BCUT2D eigenvalue weighted by Crippen LogP contribution is 2.33. The first-order valence-corrected chi connectivity index (χ1v) is 14.8. The van der Waals surface area contributed by atoms with E-state index in [2.05, 4.69) is 16.0 Å². The van der Waals surface area contributed by atoms with E-state index in [4.69, 9.17) is 47.3 Å². The SMILES string of the molecule is CCNC(=N)NC1C(O)[C@@H](CO)OC(OC2C(F)[C@H](O[C@H]3OC(CN)[C@@H](O)CC3N)C(N)C[C@H]2NC(=O)[C@@H](O)CCN)[C@@H]1O. The van der Waals surface area contributed by atoms with E-state index >= 15 is 4.39 Å². The zero-order chi connectivity index (χ0) is 32.7. The minimum atomic E-state index is -2.11. The van der Waals surface area contributed by atoms with Gasteiger partial charge in [-0.3, -0.25) is 10.2 Å². The Morgan fingerprint density at radius 3 is 2.30 bits per heavy atom. The van der Waals surface area contributed by atoms with E-state index in [-0.39, 0.29) is 38.3 Å². The van der Waals surface area contributed by atoms with Crippen molar-refractivity contribution in [3.05, 3.63) is 0 Å². The standard InChI is InChI=1S/C25H49FN8O10/c1-2-32-25(31)34-17-18(38)15(8-35)42-24(19(17)39)44-21-11(33-22(40)12(36)3-4-27)5-9(29)20(16(21)26)43-23-10(30)6-13(37)14(7-28)41-23/h9-21,23-24,35-39H,2-8,27-30H2,1H3,(H,33,40)(H3,31,32,34)/t9?,10?,11-,12+,13+,14?,15-,16?,17?,18?,19-,20-,21?,23-,24?/m1/s1. The van der Waals surface area contributed by atoms with Crippen LogP contribution >= 0.6 is 0 Å². The highest BCUT2D eigenvalue weighted by Gasteiger charge is 2.53. The van der Waals surface area contributed by atoms with Gasteiger partial charge in [-0.1, -0.05) is 0 Å². The number of nitrogens with one attached hydrogen (secondary N) is 4. The average molecular weight is 641 g/mol. The van der Waals surface area contributed by atoms with Gasteiger partial charge in [-0.2, -0.15) is 0 Å². The summed E-state index contributed by atoms with van der Waals surface area (Å²) in [4.78, 5) is 12.7. The summed E-state index contributed by atoms with van der Waals surface area (Å²) in [6.45, 7) is 1.32. The van der Waals surface area contributed by atoms with Crippen LogP contribution < -0.4 is 38.9 Å². The molecule has 8 unspecified atom stereocenters. The number of aliphatic hydroxyl groups excluding tert-OH is 5. The summed E-state index contributed by atoms with van der Waals surface area (Å²) in [5.41, 5.74) is 23.5. The second kappa shape index (κ2) is 16.6. The number of hydrogen-bond acceptors (Lipinski definition) is 15. The molecule has 1 amide bonds. The second-order valence-corrected chi connectivity index (χ2v) is 11.3. The Morgan fingerprint density at radius 2 is 1.68 bits per heavy atom. The van der Waals surface area contributed by atoms with Gasteiger partial charge >= 0.3 is 0 Å². The highest BCUT2D eigenvalue weighted by atomic mass is 19.1. The molecule has 0 spiro atoms. The lowest BCUT2D eigenvalue weighted by molar-refractivity contribution is -0.311. The van der Waals surface area contributed by atoms with Gasteiger partial charge in [-0.05, 0) is 32.7 Å². The lowest BCUT2D eigenvalue weighted by atomic mass is 9.84. The predicted octanol–water partition coefficient (Wildman–Crippen LogP) is -6.28. The molecule has 1 aliphatic carbocycles. The van der Waals surface area contributed by atoms with Gasteiger partial charge in [0.1, 0.15) is 36.6 Å². The summed E-state index contributed by atoms with van der Waals surface area (Å²) in [6.07, 6.45) is -16.0. The molecule has 19 heteroatoms. The number of guanidine groups is 1. The van der Waals surface area contributed by atoms with Crippen LogP contribution in [0.1, 0.15) is 26.2 Å². The van der Waals surface area contributed by atoms with Gasteiger partial charge < -0.3 is 83.4 Å². The van der Waals surface area contributed by atoms with Crippen molar-refractivity contribution < 1.29 is 53.7 Å². The molecule has 17 N–H and O–H groups in total. The van der Waals surface area contributed by atoms with Gasteiger partial charge in [0.05, 0.1) is 36.9 Å². The number of amides is 1. The van der Waals surface area contributed by atoms with Crippen LogP contribution in [0.2, 0.25) is 0 Å². The van der Waals surface area contributed by atoms with Crippen LogP contribution in [0.3, 0.4) is 0 Å². The zero-order valence-corrected chi connectivity index (χ0v) is 24.6. The van der Waals surface area contributed by atoms with Crippen LogP contribution in [0.25, 0.3) is 0 Å². The third-order valence-electron chi connectivity index (χ3n) is 8.01. The fourth-order valence-corrected chi connectivity index (χ4v) is 5.59. The molecule has 0 aromatic rings. The summed E-state index contributed by atoms with van der Waals surface area (Å²) in [6, 6.07) is -4.38. The molecule has 2 heterocycles. The Balaban J connectivity index is 1.87. The first-order valence-electron chi connectivity index (χ1n) is 14.8. The van der Waals surface area contributed by atoms with Gasteiger partial charge in [-0.25, -0.2) is 4.39 Å². The van der Waals surface area contributed by atoms with Crippen LogP contribution in [0.4, 0.5) is 4.39 Å². The van der Waals surface area contributed by atoms with Crippen molar-refractivity contribution in [3.8, 4) is 0 Å². The summed E-state index contributed by atoms with van der Waals surface area (Å²) >= 11 is 0. The van der Waals surface area contributed by atoms with Gasteiger partial charge in [0.2, 0.25) is 5.91 Å². The van der Waals surface area contributed by atoms with E-state index in [1.54, 1.807) is 6.92 Å². The Morgan fingerprint density at radius 1 is 1.02 bits per heavy atom. The topological polar surface area (TPSA) is 319 Å². The molecular formula is C25H49FN8O10. The number of halogens is 1. The Labute approximate surface area is 254 Å². The summed E-state index contributed by atoms with van der Waals surface area (Å²) < 4.78 is 39.5. The quantitative estimate of drug-likeness (QED) is 0.0697. The third-order valence-corrected chi connectivity index (χ3v) is 8.01. The van der Waals surface area contributed by atoms with Crippen LogP contribution in [0, 0.1) is 5.41 Å². The molecule has 2 aliphatic heterocycles. The van der Waals surface area contributed by atoms with Crippen molar-refractivity contribution in [2.75, 3.05) is 26.2 Å². The zero-order valence-electron chi connectivity index (χ0n) is 24.6. The minimum absolute atomic E-state index is 0.00372. The van der Waals surface area contributed by atoms with Crippen molar-refractivity contribution in [3.63, 3.8) is 0 Å². The Kier molecular flexibility index (Phi) is 13.8. The normalized spacial score (nSPS) is 41.9. The van der Waals surface area contributed by atoms with E-state index < -0.39 is 104 Å². The molecular weight excluding hydrogens is 591 g/mol. The molecule has 2 saturated heterocycles. The summed E-state index contributed by atoms with van der Waals surface area (Å²) in [7, 11) is 0. The molecule has 44 heavy (non-hydrogen) atoms. The van der Waals surface area contributed by atoms with Gasteiger partial charge in [0.25, 0.3) is 0 Å². The Bertz CT molecular complexity index is 932. The van der Waals surface area contributed by atoms with Crippen LogP contribution in [-0.2, 0) is 23.7 Å². The maximum Gasteiger partial charge on any atom is 0.249 e. The van der Waals surface area contributed by atoms with Gasteiger partial charge in [0, 0.05) is 19.1 Å². The van der Waals surface area contributed by atoms with Gasteiger partial charge in [-0.15, -0.1) is 0 Å². The van der Waals surface area contributed by atoms with Crippen molar-refractivity contribution in [1.29, 1.82) is 5.41 Å². The summed E-state index contributed by atoms with van der Waals surface area (Å²) in [5, 5.41) is 67.7. The van der Waals surface area contributed by atoms with Crippen LogP contribution in [0.15, 0.2) is 0 Å². The molecule has 18 nitrogen and oxygen atoms in total. The minimum Gasteiger partial charge on any atom is -0.394 e. The lowest BCUT2D eigenvalue weighted by Gasteiger charge is -2.48. The number of rotatable bonds is 12. The van der Waals surface area contributed by atoms with Crippen molar-refractivity contribution in [1.82, 2.24) is 16.0 Å². The number of carbonyl (C=O) groups is 1. The molecule has 0 aromatic heterocycles. The van der Waals surface area contributed by atoms with Crippen LogP contribution in [0.5, 0.6) is 0 Å². The molecule has 3 fully saturated rings. The number of alkyl halides is 1. The Hall–Kier alpha value is -1.85. The summed E-state index contributed by atoms with van der Waals surface area (Å²) in [5.74, 6) is -1.10. The van der Waals surface area contributed by atoms with Crippen molar-refractivity contribution >= 4 is 11.9 Å². The molecule has 0 radical (unpaired) electrons. The molecule has 15 atom stereocenters. The van der Waals surface area contributed by atoms with E-state index in [9.17, 15) is 30.3 Å². The average Bonchev–Trinajstić information content (AvgIpc) is 2.97. The van der Waals surface area contributed by atoms with Gasteiger partial charge in [0.15, 0.2) is 24.7 Å². The fourth-order valence-electron chi connectivity index (χ4n) is 5.59. The smallest absolute Gasteiger partial charge is 0.249 e. The number of carbonyl (C=O) groups excluding carboxylic acids is 1. The van der Waals surface area contributed by atoms with Crippen LogP contribution in [-0.4, -0.2) is 155 Å². The predicted molar refractivity (Wildman–Crippen MR) is 151 cm³/mol.